The van der Waals surface area contributed by atoms with Gasteiger partial charge in [0.05, 0.1) is 5.69 Å². The molecule has 21 heavy (non-hydrogen) atoms. The highest BCUT2D eigenvalue weighted by Crippen LogP contribution is 2.12. The minimum absolute atomic E-state index is 0.477. The van der Waals surface area contributed by atoms with Crippen molar-refractivity contribution < 1.29 is 0 Å². The van der Waals surface area contributed by atoms with Crippen molar-refractivity contribution in [3.05, 3.63) is 47.5 Å². The van der Waals surface area contributed by atoms with Crippen LogP contribution < -0.4 is 5.32 Å². The van der Waals surface area contributed by atoms with Gasteiger partial charge in [-0.15, -0.1) is 0 Å². The lowest BCUT2D eigenvalue weighted by atomic mass is 10.0. The van der Waals surface area contributed by atoms with E-state index in [0.717, 1.165) is 32.2 Å². The molecule has 1 unspecified atom stereocenters. The van der Waals surface area contributed by atoms with E-state index in [9.17, 15) is 0 Å². The minimum Gasteiger partial charge on any atom is -0.317 e. The van der Waals surface area contributed by atoms with Crippen molar-refractivity contribution in [3.8, 4) is 0 Å². The number of pyridine rings is 1. The predicted octanol–water partition coefficient (Wildman–Crippen LogP) is 2.62. The van der Waals surface area contributed by atoms with Gasteiger partial charge in [0.2, 0.25) is 0 Å². The van der Waals surface area contributed by atoms with Crippen LogP contribution in [-0.2, 0) is 25.8 Å². The molecule has 0 spiro atoms. The molecule has 4 nitrogen and oxygen atoms in total. The summed E-state index contributed by atoms with van der Waals surface area (Å²) in [6.45, 7) is 5.25. The third kappa shape index (κ3) is 4.39. The Hall–Kier alpha value is -1.68. The van der Waals surface area contributed by atoms with Crippen LogP contribution in [0.15, 0.2) is 30.6 Å². The van der Waals surface area contributed by atoms with E-state index in [1.165, 1.54) is 17.0 Å². The third-order valence-electron chi connectivity index (χ3n) is 3.97. The summed E-state index contributed by atoms with van der Waals surface area (Å²) in [5.74, 6) is 0. The van der Waals surface area contributed by atoms with Crippen LogP contribution in [0.25, 0.3) is 0 Å². The van der Waals surface area contributed by atoms with Gasteiger partial charge >= 0.3 is 0 Å². The zero-order valence-electron chi connectivity index (χ0n) is 13.3. The van der Waals surface area contributed by atoms with Crippen LogP contribution in [-0.4, -0.2) is 27.9 Å². The lowest BCUT2D eigenvalue weighted by Gasteiger charge is -2.16. The van der Waals surface area contributed by atoms with Crippen LogP contribution in [0.4, 0.5) is 0 Å². The zero-order chi connectivity index (χ0) is 15.1. The van der Waals surface area contributed by atoms with Crippen LogP contribution in [0.1, 0.15) is 37.2 Å². The van der Waals surface area contributed by atoms with E-state index in [1.54, 1.807) is 0 Å². The summed E-state index contributed by atoms with van der Waals surface area (Å²) in [5, 5.41) is 8.08. The molecule has 0 aromatic carbocycles. The summed E-state index contributed by atoms with van der Waals surface area (Å²) in [5.41, 5.74) is 3.88. The van der Waals surface area contributed by atoms with Gasteiger partial charge < -0.3 is 5.32 Å². The molecular formula is C17H26N4. The van der Waals surface area contributed by atoms with Crippen molar-refractivity contribution in [2.45, 2.75) is 52.1 Å². The van der Waals surface area contributed by atoms with E-state index < -0.39 is 0 Å². The lowest BCUT2D eigenvalue weighted by Crippen LogP contribution is -2.29. The first-order valence-electron chi connectivity index (χ1n) is 7.88. The van der Waals surface area contributed by atoms with Crippen molar-refractivity contribution in [2.75, 3.05) is 7.05 Å². The molecule has 0 aliphatic rings. The summed E-state index contributed by atoms with van der Waals surface area (Å²) in [6.07, 6.45) is 7.96. The van der Waals surface area contributed by atoms with E-state index in [2.05, 4.69) is 52.1 Å². The van der Waals surface area contributed by atoms with Gasteiger partial charge in [0, 0.05) is 37.1 Å². The SMILES string of the molecule is CCc1cc(CC(CCc2ccncc2)NC)n(CC)n1. The van der Waals surface area contributed by atoms with Gasteiger partial charge in [-0.3, -0.25) is 9.67 Å². The van der Waals surface area contributed by atoms with Crippen molar-refractivity contribution in [1.82, 2.24) is 20.1 Å². The van der Waals surface area contributed by atoms with E-state index in [-0.39, 0.29) is 0 Å². The average molecular weight is 286 g/mol. The number of hydrogen-bond acceptors (Lipinski definition) is 3. The number of rotatable bonds is 8. The number of likely N-dealkylation sites (N-methyl/N-ethyl adjacent to an activating group) is 1. The van der Waals surface area contributed by atoms with Crippen molar-refractivity contribution in [1.29, 1.82) is 0 Å². The van der Waals surface area contributed by atoms with Crippen molar-refractivity contribution >= 4 is 0 Å². The maximum atomic E-state index is 4.63. The monoisotopic (exact) mass is 286 g/mol. The average Bonchev–Trinajstić information content (AvgIpc) is 2.94. The van der Waals surface area contributed by atoms with E-state index in [4.69, 9.17) is 0 Å². The molecule has 2 aromatic heterocycles. The molecule has 0 aliphatic carbocycles. The molecule has 0 bridgehead atoms. The highest BCUT2D eigenvalue weighted by molar-refractivity contribution is 5.13. The molecule has 4 heteroatoms. The molecule has 2 heterocycles. The fourth-order valence-electron chi connectivity index (χ4n) is 2.62. The standard InChI is InChI=1S/C17H26N4/c1-4-15-12-17(21(5-2)20-15)13-16(18-3)7-6-14-8-10-19-11-9-14/h8-12,16,18H,4-7,13H2,1-3H3. The zero-order valence-corrected chi connectivity index (χ0v) is 13.3. The van der Waals surface area contributed by atoms with Crippen LogP contribution in [0.3, 0.4) is 0 Å². The lowest BCUT2D eigenvalue weighted by molar-refractivity contribution is 0.494. The number of aryl methyl sites for hydroxylation is 3. The van der Waals surface area contributed by atoms with Gasteiger partial charge in [-0.05, 0) is 57.0 Å². The molecule has 2 aromatic rings. The highest BCUT2D eigenvalue weighted by atomic mass is 15.3. The maximum absolute atomic E-state index is 4.63. The molecule has 114 valence electrons. The summed E-state index contributed by atoms with van der Waals surface area (Å²) in [7, 11) is 2.05. The normalized spacial score (nSPS) is 12.5. The number of hydrogen-bond donors (Lipinski definition) is 1. The van der Waals surface area contributed by atoms with Gasteiger partial charge in [-0.2, -0.15) is 5.10 Å². The maximum Gasteiger partial charge on any atom is 0.0624 e. The number of aromatic nitrogens is 3. The Kier molecular flexibility index (Phi) is 5.93. The Labute approximate surface area is 127 Å². The molecule has 0 aliphatic heterocycles. The van der Waals surface area contributed by atoms with Crippen molar-refractivity contribution in [2.24, 2.45) is 0 Å². The Balaban J connectivity index is 1.97. The van der Waals surface area contributed by atoms with Crippen LogP contribution >= 0.6 is 0 Å². The van der Waals surface area contributed by atoms with Crippen LogP contribution in [0.2, 0.25) is 0 Å². The summed E-state index contributed by atoms with van der Waals surface area (Å²) in [6, 6.07) is 6.92. The van der Waals surface area contributed by atoms with E-state index >= 15 is 0 Å². The van der Waals surface area contributed by atoms with Gasteiger partial charge in [0.25, 0.3) is 0 Å². The molecule has 0 amide bonds. The summed E-state index contributed by atoms with van der Waals surface area (Å²) < 4.78 is 2.13. The molecule has 0 saturated carbocycles. The number of nitrogens with one attached hydrogen (secondary N) is 1. The Morgan fingerprint density at radius 1 is 1.24 bits per heavy atom. The molecule has 0 saturated heterocycles. The second kappa shape index (κ2) is 7.93. The molecule has 1 atom stereocenters. The molecule has 2 rings (SSSR count). The second-order valence-corrected chi connectivity index (χ2v) is 5.38. The van der Waals surface area contributed by atoms with E-state index in [1.807, 2.05) is 19.4 Å². The highest BCUT2D eigenvalue weighted by Gasteiger charge is 2.12. The first-order chi connectivity index (χ1) is 10.3. The second-order valence-electron chi connectivity index (χ2n) is 5.38. The fraction of sp³-hybridized carbons (Fsp3) is 0.529. The molecule has 0 fully saturated rings. The number of nitrogens with zero attached hydrogens (tertiary/aromatic N) is 3. The Morgan fingerprint density at radius 2 is 2.00 bits per heavy atom. The van der Waals surface area contributed by atoms with Crippen molar-refractivity contribution in [3.63, 3.8) is 0 Å². The van der Waals surface area contributed by atoms with Crippen LogP contribution in [0.5, 0.6) is 0 Å². The minimum atomic E-state index is 0.477. The molecule has 0 radical (unpaired) electrons. The fourth-order valence-corrected chi connectivity index (χ4v) is 2.62. The molecule has 1 N–H and O–H groups in total. The first-order valence-corrected chi connectivity index (χ1v) is 7.88. The van der Waals surface area contributed by atoms with Gasteiger partial charge in [0.15, 0.2) is 0 Å². The summed E-state index contributed by atoms with van der Waals surface area (Å²) >= 11 is 0. The molecular weight excluding hydrogens is 260 g/mol. The largest absolute Gasteiger partial charge is 0.317 e. The Morgan fingerprint density at radius 3 is 2.62 bits per heavy atom. The van der Waals surface area contributed by atoms with Gasteiger partial charge in [-0.25, -0.2) is 0 Å². The third-order valence-corrected chi connectivity index (χ3v) is 3.97. The quantitative estimate of drug-likeness (QED) is 0.811. The van der Waals surface area contributed by atoms with E-state index in [0.29, 0.717) is 6.04 Å². The smallest absolute Gasteiger partial charge is 0.0624 e. The van der Waals surface area contributed by atoms with Gasteiger partial charge in [-0.1, -0.05) is 6.92 Å². The summed E-state index contributed by atoms with van der Waals surface area (Å²) in [4.78, 5) is 4.07. The van der Waals surface area contributed by atoms with Gasteiger partial charge in [0.1, 0.15) is 0 Å². The predicted molar refractivity (Wildman–Crippen MR) is 86.4 cm³/mol. The Bertz CT molecular complexity index is 533. The topological polar surface area (TPSA) is 42.7 Å². The van der Waals surface area contributed by atoms with Crippen LogP contribution in [0, 0.1) is 0 Å². The first kappa shape index (κ1) is 15.7.